The van der Waals surface area contributed by atoms with Gasteiger partial charge in [-0.05, 0) is 37.1 Å². The van der Waals surface area contributed by atoms with Crippen LogP contribution in [0.1, 0.15) is 19.3 Å². The Morgan fingerprint density at radius 2 is 1.86 bits per heavy atom. The average Bonchev–Trinajstić information content (AvgIpc) is 2.71. The summed E-state index contributed by atoms with van der Waals surface area (Å²) in [4.78, 5) is 12.0. The van der Waals surface area contributed by atoms with E-state index in [-0.39, 0.29) is 40.1 Å². The number of hydrogen-bond donors (Lipinski definition) is 1. The Labute approximate surface area is 180 Å². The lowest BCUT2D eigenvalue weighted by atomic mass is 10.1. The van der Waals surface area contributed by atoms with Crippen molar-refractivity contribution in [3.63, 3.8) is 0 Å². The second-order valence-electron chi connectivity index (χ2n) is 6.75. The maximum Gasteiger partial charge on any atom is 0.250 e. The molecule has 0 bridgehead atoms. The van der Waals surface area contributed by atoms with E-state index in [0.717, 1.165) is 12.8 Å². The molecule has 1 N–H and O–H groups in total. The summed E-state index contributed by atoms with van der Waals surface area (Å²) in [6.45, 7) is 0.340. The predicted molar refractivity (Wildman–Crippen MR) is 114 cm³/mol. The molecule has 156 valence electrons. The van der Waals surface area contributed by atoms with Gasteiger partial charge in [0, 0.05) is 18.3 Å². The third kappa shape index (κ3) is 5.49. The van der Waals surface area contributed by atoms with Gasteiger partial charge in [-0.15, -0.1) is 0 Å². The molecule has 0 aliphatic carbocycles. The van der Waals surface area contributed by atoms with Crippen LogP contribution in [0.25, 0.3) is 0 Å². The fourth-order valence-electron chi connectivity index (χ4n) is 3.27. The normalized spacial score (nSPS) is 17.8. The van der Waals surface area contributed by atoms with Crippen molar-refractivity contribution in [1.82, 2.24) is 4.31 Å². The number of carbonyl (C=O) groups is 1. The van der Waals surface area contributed by atoms with Gasteiger partial charge in [0.1, 0.15) is 11.5 Å². The van der Waals surface area contributed by atoms with Gasteiger partial charge in [-0.3, -0.25) is 4.79 Å². The van der Waals surface area contributed by atoms with Crippen molar-refractivity contribution in [1.29, 1.82) is 0 Å². The Hall–Kier alpha value is -1.64. The molecule has 1 atom stereocenters. The fourth-order valence-corrected chi connectivity index (χ4v) is 5.69. The van der Waals surface area contributed by atoms with Crippen LogP contribution in [-0.4, -0.2) is 44.4 Å². The zero-order valence-electron chi connectivity index (χ0n) is 15.7. The van der Waals surface area contributed by atoms with Crippen LogP contribution >= 0.6 is 23.2 Å². The minimum Gasteiger partial charge on any atom is -0.370 e. The molecule has 1 aliphatic rings. The van der Waals surface area contributed by atoms with Gasteiger partial charge in [0.2, 0.25) is 15.9 Å². The van der Waals surface area contributed by atoms with E-state index in [1.54, 1.807) is 24.3 Å². The number of carbonyl (C=O) groups excluding carboxylic acids is 1. The Kier molecular flexibility index (Phi) is 7.54. The molecular formula is C20H22Cl2N2O4S. The van der Waals surface area contributed by atoms with Gasteiger partial charge in [-0.1, -0.05) is 53.9 Å². The first-order valence-corrected chi connectivity index (χ1v) is 11.5. The molecular weight excluding hydrogens is 435 g/mol. The lowest BCUT2D eigenvalue weighted by Gasteiger charge is -2.34. The highest BCUT2D eigenvalue weighted by atomic mass is 35.5. The number of rotatable bonds is 7. The Bertz CT molecular complexity index is 954. The molecule has 29 heavy (non-hydrogen) atoms. The molecule has 2 aromatic rings. The molecule has 1 saturated heterocycles. The molecule has 1 aliphatic heterocycles. The van der Waals surface area contributed by atoms with Crippen LogP contribution < -0.4 is 5.32 Å². The minimum atomic E-state index is -3.83. The van der Waals surface area contributed by atoms with Crippen molar-refractivity contribution in [2.24, 2.45) is 0 Å². The monoisotopic (exact) mass is 456 g/mol. The maximum absolute atomic E-state index is 13.2. The summed E-state index contributed by atoms with van der Waals surface area (Å²) in [6, 6.07) is 13.2. The number of halogens is 2. The number of sulfonamides is 1. The highest BCUT2D eigenvalue weighted by molar-refractivity contribution is 7.89. The van der Waals surface area contributed by atoms with E-state index in [1.165, 1.54) is 10.4 Å². The van der Waals surface area contributed by atoms with Gasteiger partial charge in [0.05, 0.1) is 16.7 Å². The lowest BCUT2D eigenvalue weighted by molar-refractivity contribution is -0.121. The standard InChI is InChI=1S/C20H22Cl2N2O4S/c21-17-10-6-11-18(20(17)22)29(26,27)24-12-5-4-9-16(24)13-28-14-19(25)23-15-7-2-1-3-8-15/h1-3,6-8,10-11,16H,4-5,9,12-14H2,(H,23,25)/t16-/m0/s1. The van der Waals surface area contributed by atoms with Crippen LogP contribution in [0.4, 0.5) is 5.69 Å². The molecule has 1 amide bonds. The Morgan fingerprint density at radius 3 is 2.62 bits per heavy atom. The van der Waals surface area contributed by atoms with Crippen molar-refractivity contribution >= 4 is 44.8 Å². The zero-order valence-corrected chi connectivity index (χ0v) is 18.0. The maximum atomic E-state index is 13.2. The number of para-hydroxylation sites is 1. The number of nitrogens with zero attached hydrogens (tertiary/aromatic N) is 1. The van der Waals surface area contributed by atoms with Crippen LogP contribution in [0, 0.1) is 0 Å². The van der Waals surface area contributed by atoms with Crippen molar-refractivity contribution in [2.45, 2.75) is 30.2 Å². The molecule has 2 aromatic carbocycles. The van der Waals surface area contributed by atoms with Crippen molar-refractivity contribution in [2.75, 3.05) is 25.1 Å². The molecule has 0 spiro atoms. The summed E-state index contributed by atoms with van der Waals surface area (Å²) < 4.78 is 33.3. The molecule has 0 radical (unpaired) electrons. The fraction of sp³-hybridized carbons (Fsp3) is 0.350. The molecule has 0 aromatic heterocycles. The summed E-state index contributed by atoms with van der Waals surface area (Å²) in [5, 5.41) is 2.94. The van der Waals surface area contributed by atoms with Crippen LogP contribution in [0.3, 0.4) is 0 Å². The lowest BCUT2D eigenvalue weighted by Crippen LogP contribution is -2.46. The van der Waals surface area contributed by atoms with E-state index in [9.17, 15) is 13.2 Å². The number of nitrogens with one attached hydrogen (secondary N) is 1. The van der Waals surface area contributed by atoms with Crippen molar-refractivity contribution in [3.8, 4) is 0 Å². The highest BCUT2D eigenvalue weighted by Gasteiger charge is 2.35. The second kappa shape index (κ2) is 9.91. The smallest absolute Gasteiger partial charge is 0.250 e. The summed E-state index contributed by atoms with van der Waals surface area (Å²) in [7, 11) is -3.83. The first kappa shape index (κ1) is 22.1. The number of hydrogen-bond acceptors (Lipinski definition) is 4. The SMILES string of the molecule is O=C(COC[C@@H]1CCCCN1S(=O)(=O)c1cccc(Cl)c1Cl)Nc1ccccc1. The molecule has 0 unspecified atom stereocenters. The molecule has 3 rings (SSSR count). The Morgan fingerprint density at radius 1 is 1.10 bits per heavy atom. The third-order valence-electron chi connectivity index (χ3n) is 4.68. The predicted octanol–water partition coefficient (Wildman–Crippen LogP) is 4.19. The third-order valence-corrected chi connectivity index (χ3v) is 7.60. The quantitative estimate of drug-likeness (QED) is 0.677. The van der Waals surface area contributed by atoms with E-state index < -0.39 is 10.0 Å². The van der Waals surface area contributed by atoms with Crippen LogP contribution in [0.5, 0.6) is 0 Å². The largest absolute Gasteiger partial charge is 0.370 e. The number of benzene rings is 2. The van der Waals surface area contributed by atoms with Gasteiger partial charge in [0.25, 0.3) is 0 Å². The summed E-state index contributed by atoms with van der Waals surface area (Å²) in [5.41, 5.74) is 0.679. The van der Waals surface area contributed by atoms with E-state index >= 15 is 0 Å². The van der Waals surface area contributed by atoms with Gasteiger partial charge >= 0.3 is 0 Å². The minimum absolute atomic E-state index is 0.0135. The van der Waals surface area contributed by atoms with Gasteiger partial charge in [0.15, 0.2) is 0 Å². The van der Waals surface area contributed by atoms with Gasteiger partial charge in [-0.2, -0.15) is 4.31 Å². The molecule has 6 nitrogen and oxygen atoms in total. The van der Waals surface area contributed by atoms with Crippen LogP contribution in [-0.2, 0) is 19.6 Å². The van der Waals surface area contributed by atoms with E-state index in [4.69, 9.17) is 27.9 Å². The van der Waals surface area contributed by atoms with Crippen molar-refractivity contribution < 1.29 is 17.9 Å². The zero-order chi connectivity index (χ0) is 20.9. The van der Waals surface area contributed by atoms with E-state index in [1.807, 2.05) is 18.2 Å². The summed E-state index contributed by atoms with van der Waals surface area (Å²) in [6.07, 6.45) is 2.29. The topological polar surface area (TPSA) is 75.7 Å². The number of anilines is 1. The number of piperidine rings is 1. The number of amides is 1. The van der Waals surface area contributed by atoms with Gasteiger partial charge < -0.3 is 10.1 Å². The first-order valence-electron chi connectivity index (χ1n) is 9.28. The molecule has 9 heteroatoms. The van der Waals surface area contributed by atoms with Crippen LogP contribution in [0.2, 0.25) is 10.0 Å². The summed E-state index contributed by atoms with van der Waals surface area (Å²) in [5.74, 6) is -0.292. The molecule has 0 saturated carbocycles. The average molecular weight is 457 g/mol. The summed E-state index contributed by atoms with van der Waals surface area (Å²) >= 11 is 12.1. The number of ether oxygens (including phenoxy) is 1. The van der Waals surface area contributed by atoms with Crippen LogP contribution in [0.15, 0.2) is 53.4 Å². The van der Waals surface area contributed by atoms with Gasteiger partial charge in [-0.25, -0.2) is 8.42 Å². The Balaban J connectivity index is 1.64. The second-order valence-corrected chi connectivity index (χ2v) is 9.39. The van der Waals surface area contributed by atoms with E-state index in [2.05, 4.69) is 5.32 Å². The molecule has 1 heterocycles. The van der Waals surface area contributed by atoms with Crippen molar-refractivity contribution in [3.05, 3.63) is 58.6 Å². The molecule has 1 fully saturated rings. The van der Waals surface area contributed by atoms with E-state index in [0.29, 0.717) is 18.7 Å². The highest BCUT2D eigenvalue weighted by Crippen LogP contribution is 2.33. The first-order chi connectivity index (χ1) is 13.9.